The van der Waals surface area contributed by atoms with E-state index < -0.39 is 6.61 Å². The van der Waals surface area contributed by atoms with Crippen molar-refractivity contribution in [2.45, 2.75) is 22.2 Å². The molecule has 0 fully saturated rings. The van der Waals surface area contributed by atoms with E-state index in [-0.39, 0.29) is 23.1 Å². The zero-order valence-corrected chi connectivity index (χ0v) is 15.6. The predicted octanol–water partition coefficient (Wildman–Crippen LogP) is 4.54. The van der Waals surface area contributed by atoms with Crippen LogP contribution in [0.4, 0.5) is 14.5 Å². The van der Waals surface area contributed by atoms with Crippen molar-refractivity contribution in [2.24, 2.45) is 0 Å². The van der Waals surface area contributed by atoms with Crippen molar-refractivity contribution in [3.63, 3.8) is 0 Å². The van der Waals surface area contributed by atoms with Gasteiger partial charge < -0.3 is 10.1 Å². The van der Waals surface area contributed by atoms with E-state index in [0.717, 1.165) is 15.7 Å². The lowest BCUT2D eigenvalue weighted by Crippen LogP contribution is -2.15. The third-order valence-electron chi connectivity index (χ3n) is 2.53. The minimum absolute atomic E-state index is 0.0785. The van der Waals surface area contributed by atoms with E-state index in [4.69, 9.17) is 0 Å². The Morgan fingerprint density at radius 1 is 1.28 bits per heavy atom. The van der Waals surface area contributed by atoms with Gasteiger partial charge in [0, 0.05) is 5.75 Å². The van der Waals surface area contributed by atoms with Crippen LogP contribution in [0.3, 0.4) is 0 Å². The maximum absolute atomic E-state index is 12.4. The molecule has 0 saturated heterocycles. The molecule has 0 atom stereocenters. The molecule has 10 heteroatoms. The largest absolute Gasteiger partial charge is 0.433 e. The van der Waals surface area contributed by atoms with Gasteiger partial charge in [-0.3, -0.25) is 4.79 Å². The zero-order chi connectivity index (χ0) is 18.2. The second kappa shape index (κ2) is 9.73. The fraction of sp³-hybridized carbons (Fsp3) is 0.267. The minimum Gasteiger partial charge on any atom is -0.433 e. The lowest BCUT2D eigenvalue weighted by molar-refractivity contribution is -0.113. The van der Waals surface area contributed by atoms with Gasteiger partial charge in [-0.2, -0.15) is 8.78 Å². The molecule has 2 aromatic rings. The van der Waals surface area contributed by atoms with E-state index >= 15 is 0 Å². The Morgan fingerprint density at radius 2 is 1.92 bits per heavy atom. The first kappa shape index (κ1) is 19.7. The molecule has 2 rings (SSSR count). The van der Waals surface area contributed by atoms with Crippen LogP contribution in [-0.4, -0.2) is 34.2 Å². The molecule has 0 bridgehead atoms. The minimum atomic E-state index is -2.95. The number of nitrogens with zero attached hydrogens (tertiary/aromatic N) is 2. The summed E-state index contributed by atoms with van der Waals surface area (Å²) in [5, 5.41) is 10.6. The third kappa shape index (κ3) is 7.00. The molecule has 0 aliphatic rings. The molecular weight excluding hydrogens is 388 g/mol. The van der Waals surface area contributed by atoms with Gasteiger partial charge in [0.25, 0.3) is 0 Å². The van der Waals surface area contributed by atoms with Crippen LogP contribution >= 0.6 is 34.9 Å². The molecule has 0 spiro atoms. The number of aromatic nitrogens is 2. The summed E-state index contributed by atoms with van der Waals surface area (Å²) >= 11 is 4.16. The van der Waals surface area contributed by atoms with Gasteiger partial charge in [0.2, 0.25) is 5.91 Å². The molecular formula is C15H15F2N3O2S3. The van der Waals surface area contributed by atoms with E-state index in [1.54, 1.807) is 12.1 Å². The Balaban J connectivity index is 1.86. The van der Waals surface area contributed by atoms with Gasteiger partial charge in [0.1, 0.15) is 5.75 Å². The quantitative estimate of drug-likeness (QED) is 0.490. The van der Waals surface area contributed by atoms with Crippen LogP contribution in [0.5, 0.6) is 5.75 Å². The molecule has 1 amide bonds. The van der Waals surface area contributed by atoms with Crippen LogP contribution in [0.15, 0.2) is 45.1 Å². The summed E-state index contributed by atoms with van der Waals surface area (Å²) in [5.74, 6) is 0.427. The number of para-hydroxylation sites is 2. The molecule has 134 valence electrons. The first-order valence-electron chi connectivity index (χ1n) is 7.01. The fourth-order valence-electron chi connectivity index (χ4n) is 1.58. The number of carbonyl (C=O) groups is 1. The van der Waals surface area contributed by atoms with Crippen LogP contribution in [0.2, 0.25) is 0 Å². The molecule has 25 heavy (non-hydrogen) atoms. The molecule has 1 heterocycles. The number of halogens is 2. The molecule has 0 aliphatic heterocycles. The number of carbonyl (C=O) groups excluding carboxylic acids is 1. The normalized spacial score (nSPS) is 10.7. The van der Waals surface area contributed by atoms with Gasteiger partial charge in [-0.25, -0.2) is 0 Å². The predicted molar refractivity (Wildman–Crippen MR) is 97.9 cm³/mol. The van der Waals surface area contributed by atoms with Crippen molar-refractivity contribution in [2.75, 3.05) is 16.8 Å². The Kier molecular flexibility index (Phi) is 7.66. The summed E-state index contributed by atoms with van der Waals surface area (Å²) in [4.78, 5) is 12.0. The number of alkyl halides is 2. The second-order valence-corrected chi connectivity index (χ2v) is 8.21. The number of nitrogens with one attached hydrogen (secondary N) is 1. The highest BCUT2D eigenvalue weighted by atomic mass is 32.2. The zero-order valence-electron chi connectivity index (χ0n) is 13.2. The van der Waals surface area contributed by atoms with Crippen molar-refractivity contribution in [1.82, 2.24) is 10.2 Å². The van der Waals surface area contributed by atoms with Crippen molar-refractivity contribution >= 4 is 46.5 Å². The number of thioether (sulfide) groups is 2. The van der Waals surface area contributed by atoms with Crippen molar-refractivity contribution in [3.05, 3.63) is 36.4 Å². The van der Waals surface area contributed by atoms with Crippen molar-refractivity contribution in [1.29, 1.82) is 0 Å². The highest BCUT2D eigenvalue weighted by Crippen LogP contribution is 2.30. The van der Waals surface area contributed by atoms with E-state index in [1.807, 2.05) is 6.92 Å². The van der Waals surface area contributed by atoms with Crippen LogP contribution in [0.1, 0.15) is 6.92 Å². The van der Waals surface area contributed by atoms with Gasteiger partial charge in [-0.1, -0.05) is 59.1 Å². The van der Waals surface area contributed by atoms with E-state index in [2.05, 4.69) is 26.8 Å². The van der Waals surface area contributed by atoms with Crippen LogP contribution in [0.25, 0.3) is 0 Å². The van der Waals surface area contributed by atoms with Gasteiger partial charge in [-0.05, 0) is 19.1 Å². The van der Waals surface area contributed by atoms with Crippen LogP contribution < -0.4 is 10.1 Å². The maximum atomic E-state index is 12.4. The average molecular weight is 404 g/mol. The highest BCUT2D eigenvalue weighted by molar-refractivity contribution is 8.03. The summed E-state index contributed by atoms with van der Waals surface area (Å²) in [6.45, 7) is 2.80. The highest BCUT2D eigenvalue weighted by Gasteiger charge is 2.13. The van der Waals surface area contributed by atoms with Gasteiger partial charge in [0.05, 0.1) is 11.4 Å². The van der Waals surface area contributed by atoms with Crippen LogP contribution in [0, 0.1) is 0 Å². The number of ether oxygens (including phenoxy) is 1. The van der Waals surface area contributed by atoms with Gasteiger partial charge in [0.15, 0.2) is 8.68 Å². The number of amides is 1. The molecule has 5 nitrogen and oxygen atoms in total. The van der Waals surface area contributed by atoms with Crippen LogP contribution in [-0.2, 0) is 4.79 Å². The first-order valence-corrected chi connectivity index (χ1v) is 9.80. The van der Waals surface area contributed by atoms with Crippen molar-refractivity contribution in [3.8, 4) is 5.75 Å². The smallest absolute Gasteiger partial charge is 0.387 e. The lowest BCUT2D eigenvalue weighted by Gasteiger charge is -2.11. The monoisotopic (exact) mass is 403 g/mol. The van der Waals surface area contributed by atoms with Gasteiger partial charge >= 0.3 is 6.61 Å². The standard InChI is InChI=1S/C15H15F2N3O2S3/c1-9(2)7-23-14-19-20-15(25-14)24-8-12(21)18-10-5-3-4-6-11(10)22-13(16)17/h3-6,13H,1,7-8H2,2H3,(H,18,21). The topological polar surface area (TPSA) is 64.1 Å². The summed E-state index contributed by atoms with van der Waals surface area (Å²) in [5.41, 5.74) is 1.24. The summed E-state index contributed by atoms with van der Waals surface area (Å²) in [6, 6.07) is 6.03. The second-order valence-electron chi connectivity index (χ2n) is 4.79. The van der Waals surface area contributed by atoms with E-state index in [9.17, 15) is 13.6 Å². The third-order valence-corrected chi connectivity index (χ3v) is 5.95. The van der Waals surface area contributed by atoms with E-state index in [0.29, 0.717) is 4.34 Å². The molecule has 1 aromatic carbocycles. The first-order chi connectivity index (χ1) is 11.9. The Morgan fingerprint density at radius 3 is 2.56 bits per heavy atom. The number of benzene rings is 1. The summed E-state index contributed by atoms with van der Waals surface area (Å²) < 4.78 is 30.6. The average Bonchev–Trinajstić information content (AvgIpc) is 3.00. The molecule has 1 aromatic heterocycles. The molecule has 0 aliphatic carbocycles. The molecule has 0 radical (unpaired) electrons. The lowest BCUT2D eigenvalue weighted by atomic mass is 10.3. The Bertz CT molecular complexity index is 740. The Hall–Kier alpha value is -1.65. The van der Waals surface area contributed by atoms with Crippen molar-refractivity contribution < 1.29 is 18.3 Å². The SMILES string of the molecule is C=C(C)CSc1nnc(SCC(=O)Nc2ccccc2OC(F)F)s1. The number of anilines is 1. The maximum Gasteiger partial charge on any atom is 0.387 e. The summed E-state index contributed by atoms with van der Waals surface area (Å²) in [6.07, 6.45) is 0. The molecule has 0 saturated carbocycles. The number of rotatable bonds is 9. The Labute approximate surface area is 156 Å². The number of hydrogen-bond donors (Lipinski definition) is 1. The fourth-order valence-corrected chi connectivity index (χ4v) is 4.24. The summed E-state index contributed by atoms with van der Waals surface area (Å²) in [7, 11) is 0. The number of hydrogen-bond acceptors (Lipinski definition) is 7. The van der Waals surface area contributed by atoms with E-state index in [1.165, 1.54) is 47.0 Å². The van der Waals surface area contributed by atoms with Gasteiger partial charge in [-0.15, -0.1) is 10.2 Å². The molecule has 1 N–H and O–H groups in total. The molecule has 0 unspecified atom stereocenters.